The monoisotopic (exact) mass is 200 g/mol. The number of rotatable bonds is 3. The Morgan fingerprint density at radius 2 is 2.07 bits per heavy atom. The summed E-state index contributed by atoms with van der Waals surface area (Å²) >= 11 is 0. The zero-order valence-electron chi connectivity index (χ0n) is 9.03. The maximum absolute atomic E-state index is 11.8. The van der Waals surface area contributed by atoms with Crippen LogP contribution in [-0.4, -0.2) is 43.2 Å². The molecule has 0 spiro atoms. The molecule has 0 aromatic heterocycles. The van der Waals surface area contributed by atoms with Crippen LogP contribution in [0.3, 0.4) is 0 Å². The van der Waals surface area contributed by atoms with Gasteiger partial charge in [0.05, 0.1) is 19.3 Å². The predicted octanol–water partition coefficient (Wildman–Crippen LogP) is 0.219. The van der Waals surface area contributed by atoms with E-state index in [1.807, 2.05) is 6.92 Å². The Balaban J connectivity index is 2.46. The van der Waals surface area contributed by atoms with Crippen molar-refractivity contribution in [3.63, 3.8) is 0 Å². The molecule has 1 heterocycles. The minimum atomic E-state index is -0.349. The van der Waals surface area contributed by atoms with Gasteiger partial charge in [0.25, 0.3) is 0 Å². The molecular formula is C10H20N2O2. The summed E-state index contributed by atoms with van der Waals surface area (Å²) in [6, 6.07) is -0.349. The number of hydrogen-bond donors (Lipinski definition) is 1. The average Bonchev–Trinajstić information content (AvgIpc) is 2.27. The molecule has 2 atom stereocenters. The van der Waals surface area contributed by atoms with Crippen LogP contribution in [0.1, 0.15) is 20.3 Å². The lowest BCUT2D eigenvalue weighted by Gasteiger charge is -2.30. The number of nitrogens with zero attached hydrogens (tertiary/aromatic N) is 1. The second kappa shape index (κ2) is 5.32. The fourth-order valence-corrected chi connectivity index (χ4v) is 1.49. The molecule has 1 rings (SSSR count). The van der Waals surface area contributed by atoms with Crippen molar-refractivity contribution in [3.05, 3.63) is 0 Å². The number of carbonyl (C=O) groups is 1. The van der Waals surface area contributed by atoms with Crippen molar-refractivity contribution in [2.24, 2.45) is 11.7 Å². The first kappa shape index (κ1) is 11.5. The van der Waals surface area contributed by atoms with Gasteiger partial charge >= 0.3 is 0 Å². The maximum atomic E-state index is 11.8. The van der Waals surface area contributed by atoms with Gasteiger partial charge in [0.2, 0.25) is 5.91 Å². The van der Waals surface area contributed by atoms with Crippen molar-refractivity contribution in [2.45, 2.75) is 26.3 Å². The van der Waals surface area contributed by atoms with Gasteiger partial charge in [0.1, 0.15) is 0 Å². The molecule has 4 heteroatoms. The van der Waals surface area contributed by atoms with E-state index in [0.717, 1.165) is 6.42 Å². The molecule has 0 aromatic carbocycles. The lowest BCUT2D eigenvalue weighted by molar-refractivity contribution is -0.137. The van der Waals surface area contributed by atoms with Crippen LogP contribution in [0.2, 0.25) is 0 Å². The first-order chi connectivity index (χ1) is 6.66. The zero-order chi connectivity index (χ0) is 10.6. The highest BCUT2D eigenvalue weighted by molar-refractivity contribution is 5.82. The van der Waals surface area contributed by atoms with Gasteiger partial charge < -0.3 is 15.4 Å². The fourth-order valence-electron chi connectivity index (χ4n) is 1.49. The van der Waals surface area contributed by atoms with Crippen molar-refractivity contribution in [3.8, 4) is 0 Å². The molecule has 0 radical (unpaired) electrons. The SMILES string of the molecule is CCC(C)[C@@H](N)C(=O)N1CCOCC1. The largest absolute Gasteiger partial charge is 0.378 e. The van der Waals surface area contributed by atoms with Gasteiger partial charge in [-0.15, -0.1) is 0 Å². The second-order valence-corrected chi connectivity index (χ2v) is 3.85. The van der Waals surface area contributed by atoms with Crippen molar-refractivity contribution >= 4 is 5.91 Å². The third-order valence-corrected chi connectivity index (χ3v) is 2.86. The molecule has 4 nitrogen and oxygen atoms in total. The van der Waals surface area contributed by atoms with E-state index in [1.54, 1.807) is 4.90 Å². The molecule has 1 aliphatic rings. The first-order valence-electron chi connectivity index (χ1n) is 5.29. The van der Waals surface area contributed by atoms with Crippen molar-refractivity contribution in [2.75, 3.05) is 26.3 Å². The molecule has 0 aromatic rings. The smallest absolute Gasteiger partial charge is 0.239 e. The molecule has 0 aliphatic carbocycles. The molecule has 0 saturated carbocycles. The van der Waals surface area contributed by atoms with E-state index in [2.05, 4.69) is 6.92 Å². The Morgan fingerprint density at radius 1 is 1.50 bits per heavy atom. The highest BCUT2D eigenvalue weighted by Gasteiger charge is 2.25. The highest BCUT2D eigenvalue weighted by Crippen LogP contribution is 2.09. The van der Waals surface area contributed by atoms with Crippen LogP contribution in [0, 0.1) is 5.92 Å². The Hall–Kier alpha value is -0.610. The van der Waals surface area contributed by atoms with Crippen LogP contribution in [0.15, 0.2) is 0 Å². The lowest BCUT2D eigenvalue weighted by atomic mass is 9.99. The van der Waals surface area contributed by atoms with Gasteiger partial charge in [-0.1, -0.05) is 20.3 Å². The van der Waals surface area contributed by atoms with Gasteiger partial charge in [-0.25, -0.2) is 0 Å². The Bertz CT molecular complexity index is 187. The lowest BCUT2D eigenvalue weighted by Crippen LogP contribution is -2.50. The van der Waals surface area contributed by atoms with Gasteiger partial charge in [-0.2, -0.15) is 0 Å². The average molecular weight is 200 g/mol. The van der Waals surface area contributed by atoms with E-state index < -0.39 is 0 Å². The summed E-state index contributed by atoms with van der Waals surface area (Å²) in [5, 5.41) is 0. The maximum Gasteiger partial charge on any atom is 0.239 e. The summed E-state index contributed by atoms with van der Waals surface area (Å²) in [7, 11) is 0. The molecule has 14 heavy (non-hydrogen) atoms. The summed E-state index contributed by atoms with van der Waals surface area (Å²) in [5.41, 5.74) is 5.87. The van der Waals surface area contributed by atoms with E-state index in [4.69, 9.17) is 10.5 Å². The van der Waals surface area contributed by atoms with Crippen LogP contribution >= 0.6 is 0 Å². The summed E-state index contributed by atoms with van der Waals surface area (Å²) in [6.07, 6.45) is 0.942. The molecule has 1 amide bonds. The minimum Gasteiger partial charge on any atom is -0.378 e. The van der Waals surface area contributed by atoms with Crippen LogP contribution < -0.4 is 5.73 Å². The summed E-state index contributed by atoms with van der Waals surface area (Å²) in [5.74, 6) is 0.327. The predicted molar refractivity (Wildman–Crippen MR) is 54.8 cm³/mol. The normalized spacial score (nSPS) is 21.8. The Labute approximate surface area is 85.4 Å². The molecule has 1 fully saturated rings. The number of morpholine rings is 1. The van der Waals surface area contributed by atoms with E-state index in [1.165, 1.54) is 0 Å². The molecule has 0 bridgehead atoms. The standard InChI is InChI=1S/C10H20N2O2/c1-3-8(2)9(11)10(13)12-4-6-14-7-5-12/h8-9H,3-7,11H2,1-2H3/t8?,9-/m1/s1. The molecular weight excluding hydrogens is 180 g/mol. The summed E-state index contributed by atoms with van der Waals surface area (Å²) in [6.45, 7) is 6.71. The van der Waals surface area contributed by atoms with E-state index in [0.29, 0.717) is 26.3 Å². The minimum absolute atomic E-state index is 0.0719. The van der Waals surface area contributed by atoms with Gasteiger partial charge in [-0.3, -0.25) is 4.79 Å². The third-order valence-electron chi connectivity index (χ3n) is 2.86. The van der Waals surface area contributed by atoms with E-state index >= 15 is 0 Å². The third kappa shape index (κ3) is 2.69. The van der Waals surface area contributed by atoms with Gasteiger partial charge in [0.15, 0.2) is 0 Å². The topological polar surface area (TPSA) is 55.6 Å². The van der Waals surface area contributed by atoms with Crippen LogP contribution in [-0.2, 0) is 9.53 Å². The Kier molecular flexibility index (Phi) is 4.35. The summed E-state index contributed by atoms with van der Waals surface area (Å²) in [4.78, 5) is 13.6. The molecule has 2 N–H and O–H groups in total. The van der Waals surface area contributed by atoms with Crippen molar-refractivity contribution in [1.82, 2.24) is 4.90 Å². The first-order valence-corrected chi connectivity index (χ1v) is 5.29. The van der Waals surface area contributed by atoms with Crippen molar-refractivity contribution in [1.29, 1.82) is 0 Å². The molecule has 1 saturated heterocycles. The molecule has 82 valence electrons. The quantitative estimate of drug-likeness (QED) is 0.709. The fraction of sp³-hybridized carbons (Fsp3) is 0.900. The highest BCUT2D eigenvalue weighted by atomic mass is 16.5. The van der Waals surface area contributed by atoms with Gasteiger partial charge in [0, 0.05) is 13.1 Å². The van der Waals surface area contributed by atoms with E-state index in [-0.39, 0.29) is 17.9 Å². The number of ether oxygens (including phenoxy) is 1. The van der Waals surface area contributed by atoms with E-state index in [9.17, 15) is 4.79 Å². The number of hydrogen-bond acceptors (Lipinski definition) is 3. The van der Waals surface area contributed by atoms with Crippen LogP contribution in [0.25, 0.3) is 0 Å². The van der Waals surface area contributed by atoms with Crippen LogP contribution in [0.5, 0.6) is 0 Å². The van der Waals surface area contributed by atoms with Gasteiger partial charge in [-0.05, 0) is 5.92 Å². The zero-order valence-corrected chi connectivity index (χ0v) is 9.03. The van der Waals surface area contributed by atoms with Crippen molar-refractivity contribution < 1.29 is 9.53 Å². The Morgan fingerprint density at radius 3 is 2.57 bits per heavy atom. The summed E-state index contributed by atoms with van der Waals surface area (Å²) < 4.78 is 5.18. The second-order valence-electron chi connectivity index (χ2n) is 3.85. The molecule has 1 aliphatic heterocycles. The number of nitrogens with two attached hydrogens (primary N) is 1. The molecule has 1 unspecified atom stereocenters. The van der Waals surface area contributed by atoms with Crippen LogP contribution in [0.4, 0.5) is 0 Å². The number of amides is 1. The number of carbonyl (C=O) groups excluding carboxylic acids is 1.